The van der Waals surface area contributed by atoms with Crippen molar-refractivity contribution in [3.8, 4) is 0 Å². The summed E-state index contributed by atoms with van der Waals surface area (Å²) in [7, 11) is 0. The van der Waals surface area contributed by atoms with Crippen LogP contribution in [0.1, 0.15) is 32.6 Å². The number of carbonyl (C=O) groups excluding carboxylic acids is 1. The van der Waals surface area contributed by atoms with Crippen molar-refractivity contribution >= 4 is 54.7 Å². The molecule has 0 N–H and O–H groups in total. The second kappa shape index (κ2) is 8.50. The Kier molecular flexibility index (Phi) is 5.79. The van der Waals surface area contributed by atoms with Gasteiger partial charge in [-0.25, -0.2) is 4.98 Å². The third-order valence-electron chi connectivity index (χ3n) is 4.85. The van der Waals surface area contributed by atoms with Crippen molar-refractivity contribution in [3.63, 3.8) is 0 Å². The van der Waals surface area contributed by atoms with E-state index in [9.17, 15) is 4.79 Å². The van der Waals surface area contributed by atoms with Crippen LogP contribution in [-0.4, -0.2) is 17.1 Å². The number of aromatic nitrogens is 1. The molecule has 0 aliphatic rings. The number of amides is 1. The van der Waals surface area contributed by atoms with Crippen LogP contribution in [0.3, 0.4) is 0 Å². The van der Waals surface area contributed by atoms with Crippen molar-refractivity contribution in [1.82, 2.24) is 4.98 Å². The summed E-state index contributed by atoms with van der Waals surface area (Å²) in [6.45, 7) is 6.08. The van der Waals surface area contributed by atoms with Gasteiger partial charge in [0.05, 0.1) is 16.4 Å². The van der Waals surface area contributed by atoms with Gasteiger partial charge in [0.2, 0.25) is 5.13 Å². The molecule has 4 rings (SSSR count). The number of hydrogen-bond acceptors (Lipinski definition) is 4. The van der Waals surface area contributed by atoms with E-state index in [1.54, 1.807) is 6.21 Å². The Labute approximate surface area is 188 Å². The Morgan fingerprint density at radius 2 is 1.77 bits per heavy atom. The highest BCUT2D eigenvalue weighted by atomic mass is 79.9. The molecule has 0 aliphatic carbocycles. The molecular weight excluding hydrogens is 458 g/mol. The summed E-state index contributed by atoms with van der Waals surface area (Å²) in [6.07, 6.45) is 1.68. The zero-order valence-corrected chi connectivity index (χ0v) is 19.3. The number of halogens is 1. The number of anilines is 1. The molecule has 0 atom stereocenters. The van der Waals surface area contributed by atoms with Crippen LogP contribution in [0.5, 0.6) is 0 Å². The van der Waals surface area contributed by atoms with E-state index >= 15 is 0 Å². The van der Waals surface area contributed by atoms with Gasteiger partial charge < -0.3 is 0 Å². The van der Waals surface area contributed by atoms with E-state index in [0.29, 0.717) is 10.7 Å². The summed E-state index contributed by atoms with van der Waals surface area (Å²) >= 11 is 4.90. The molecular formula is C24H20BrN3OS. The van der Waals surface area contributed by atoms with Crippen LogP contribution in [0.2, 0.25) is 0 Å². The molecule has 3 aromatic carbocycles. The van der Waals surface area contributed by atoms with E-state index in [1.165, 1.54) is 16.3 Å². The first kappa shape index (κ1) is 20.4. The molecule has 1 aromatic heterocycles. The fourth-order valence-corrected chi connectivity index (χ4v) is 4.25. The predicted molar refractivity (Wildman–Crippen MR) is 129 cm³/mol. The maximum absolute atomic E-state index is 13.4. The van der Waals surface area contributed by atoms with Crippen LogP contribution in [0.4, 0.5) is 5.13 Å². The summed E-state index contributed by atoms with van der Waals surface area (Å²) < 4.78 is 2.02. The zero-order valence-electron chi connectivity index (χ0n) is 16.9. The molecule has 30 heavy (non-hydrogen) atoms. The average Bonchev–Trinajstić information content (AvgIpc) is 3.14. The number of fused-ring (bicyclic) bond motifs is 1. The molecule has 4 nitrogen and oxygen atoms in total. The third kappa shape index (κ3) is 4.35. The lowest BCUT2D eigenvalue weighted by atomic mass is 10.1. The van der Waals surface area contributed by atoms with Crippen LogP contribution >= 0.6 is 27.3 Å². The van der Waals surface area contributed by atoms with Crippen LogP contribution < -0.4 is 5.01 Å². The van der Waals surface area contributed by atoms with Gasteiger partial charge in [-0.05, 0) is 79.4 Å². The second-order valence-corrected chi connectivity index (χ2v) is 9.10. The van der Waals surface area contributed by atoms with E-state index in [-0.39, 0.29) is 5.91 Å². The number of nitrogens with zero attached hydrogens (tertiary/aromatic N) is 3. The molecule has 0 unspecified atom stereocenters. The van der Waals surface area contributed by atoms with Gasteiger partial charge in [0.25, 0.3) is 5.91 Å². The predicted octanol–water partition coefficient (Wildman–Crippen LogP) is 6.66. The van der Waals surface area contributed by atoms with Crippen molar-refractivity contribution in [3.05, 3.63) is 93.0 Å². The molecule has 0 saturated carbocycles. The van der Waals surface area contributed by atoms with E-state index in [2.05, 4.69) is 32.1 Å². The third-order valence-corrected chi connectivity index (χ3v) is 6.37. The van der Waals surface area contributed by atoms with Crippen molar-refractivity contribution in [1.29, 1.82) is 0 Å². The Bertz CT molecular complexity index is 1260. The molecule has 0 spiro atoms. The summed E-state index contributed by atoms with van der Waals surface area (Å²) in [4.78, 5) is 18.1. The highest BCUT2D eigenvalue weighted by Crippen LogP contribution is 2.31. The minimum Gasteiger partial charge on any atom is -0.267 e. The summed E-state index contributed by atoms with van der Waals surface area (Å²) in [5.41, 5.74) is 5.71. The quantitative estimate of drug-likeness (QED) is 0.243. The van der Waals surface area contributed by atoms with Gasteiger partial charge in [0.1, 0.15) is 0 Å². The summed E-state index contributed by atoms with van der Waals surface area (Å²) in [6, 6.07) is 19.5. The Balaban J connectivity index is 1.77. The molecule has 0 aliphatic heterocycles. The van der Waals surface area contributed by atoms with Gasteiger partial charge >= 0.3 is 0 Å². The van der Waals surface area contributed by atoms with E-state index in [0.717, 1.165) is 36.9 Å². The molecule has 1 heterocycles. The van der Waals surface area contributed by atoms with Crippen molar-refractivity contribution in [2.45, 2.75) is 20.8 Å². The number of aryl methyl sites for hydroxylation is 3. The molecule has 6 heteroatoms. The van der Waals surface area contributed by atoms with Gasteiger partial charge in [0, 0.05) is 10.0 Å². The number of hydrazone groups is 1. The first-order valence-electron chi connectivity index (χ1n) is 9.49. The smallest absolute Gasteiger partial charge is 0.267 e. The first-order chi connectivity index (χ1) is 14.4. The highest BCUT2D eigenvalue weighted by Gasteiger charge is 2.21. The maximum Gasteiger partial charge on any atom is 0.280 e. The normalized spacial score (nSPS) is 11.3. The molecule has 0 bridgehead atoms. The number of rotatable bonds is 4. The average molecular weight is 478 g/mol. The minimum absolute atomic E-state index is 0.206. The van der Waals surface area contributed by atoms with E-state index in [4.69, 9.17) is 0 Å². The van der Waals surface area contributed by atoms with Gasteiger partial charge in [-0.1, -0.05) is 51.5 Å². The van der Waals surface area contributed by atoms with Gasteiger partial charge in [-0.15, -0.1) is 0 Å². The zero-order chi connectivity index (χ0) is 21.3. The topological polar surface area (TPSA) is 45.6 Å². The Morgan fingerprint density at radius 1 is 1.00 bits per heavy atom. The van der Waals surface area contributed by atoms with Gasteiger partial charge in [0.15, 0.2) is 0 Å². The monoisotopic (exact) mass is 477 g/mol. The van der Waals surface area contributed by atoms with Crippen LogP contribution in [0.15, 0.2) is 70.2 Å². The molecule has 4 aromatic rings. The Hall–Kier alpha value is -2.83. The van der Waals surface area contributed by atoms with E-state index < -0.39 is 0 Å². The number of carbonyl (C=O) groups is 1. The largest absolute Gasteiger partial charge is 0.280 e. The van der Waals surface area contributed by atoms with Gasteiger partial charge in [-0.3, -0.25) is 4.79 Å². The first-order valence-corrected chi connectivity index (χ1v) is 11.1. The fraction of sp³-hybridized carbons (Fsp3) is 0.125. The lowest BCUT2D eigenvalue weighted by molar-refractivity contribution is 0.0987. The summed E-state index contributed by atoms with van der Waals surface area (Å²) in [5.74, 6) is -0.206. The van der Waals surface area contributed by atoms with Crippen LogP contribution in [0, 0.1) is 20.8 Å². The second-order valence-electron chi connectivity index (χ2n) is 7.18. The SMILES string of the molecule is Cc1ccc2nc(N(/N=C/c3ccc(Br)cc3)C(=O)c3ccc(C)c(C)c3)sc2c1. The van der Waals surface area contributed by atoms with Crippen molar-refractivity contribution < 1.29 is 4.79 Å². The molecule has 150 valence electrons. The lowest BCUT2D eigenvalue weighted by Crippen LogP contribution is -2.25. The molecule has 0 saturated heterocycles. The van der Waals surface area contributed by atoms with Crippen LogP contribution in [-0.2, 0) is 0 Å². The van der Waals surface area contributed by atoms with Crippen molar-refractivity contribution in [2.75, 3.05) is 5.01 Å². The van der Waals surface area contributed by atoms with E-state index in [1.807, 2.05) is 75.4 Å². The highest BCUT2D eigenvalue weighted by molar-refractivity contribution is 9.10. The fourth-order valence-electron chi connectivity index (χ4n) is 2.97. The number of thiazole rings is 1. The van der Waals surface area contributed by atoms with Crippen molar-refractivity contribution in [2.24, 2.45) is 5.10 Å². The minimum atomic E-state index is -0.206. The summed E-state index contributed by atoms with van der Waals surface area (Å²) in [5, 5.41) is 6.47. The molecule has 1 amide bonds. The van der Waals surface area contributed by atoms with Gasteiger partial charge in [-0.2, -0.15) is 10.1 Å². The number of hydrogen-bond donors (Lipinski definition) is 0. The van der Waals surface area contributed by atoms with Crippen LogP contribution in [0.25, 0.3) is 10.2 Å². The maximum atomic E-state index is 13.4. The molecule has 0 radical (unpaired) electrons. The Morgan fingerprint density at radius 3 is 2.50 bits per heavy atom. The number of benzene rings is 3. The standard InChI is InChI=1S/C24H20BrN3OS/c1-15-4-11-21-22(12-15)30-24(27-21)28(26-14-18-6-9-20(25)10-7-18)23(29)19-8-5-16(2)17(3)13-19/h4-14H,1-3H3/b26-14+. The lowest BCUT2D eigenvalue weighted by Gasteiger charge is -2.14. The molecule has 0 fully saturated rings.